The van der Waals surface area contributed by atoms with E-state index < -0.39 is 5.54 Å². The molecule has 6 nitrogen and oxygen atoms in total. The Labute approximate surface area is 212 Å². The van der Waals surface area contributed by atoms with Crippen LogP contribution in [0.15, 0.2) is 54.6 Å². The molecule has 7 heteroatoms. The third-order valence-corrected chi connectivity index (χ3v) is 7.62. The van der Waals surface area contributed by atoms with Gasteiger partial charge in [0.2, 0.25) is 11.8 Å². The summed E-state index contributed by atoms with van der Waals surface area (Å²) in [6.07, 6.45) is 3.61. The first-order chi connectivity index (χ1) is 16.8. The largest absolute Gasteiger partial charge is 0.368 e. The van der Waals surface area contributed by atoms with Gasteiger partial charge in [0, 0.05) is 51.3 Å². The molecule has 3 heterocycles. The molecule has 2 saturated heterocycles. The minimum Gasteiger partial charge on any atom is -0.368 e. The maximum absolute atomic E-state index is 13.4. The summed E-state index contributed by atoms with van der Waals surface area (Å²) >= 11 is 6.42. The van der Waals surface area contributed by atoms with E-state index in [1.54, 1.807) is 4.90 Å². The molecule has 0 spiro atoms. The number of amides is 2. The molecule has 2 aromatic carbocycles. The normalized spacial score (nSPS) is 20.1. The third-order valence-electron chi connectivity index (χ3n) is 7.30. The minimum atomic E-state index is -0.483. The second-order valence-corrected chi connectivity index (χ2v) is 10.6. The van der Waals surface area contributed by atoms with Gasteiger partial charge in [-0.3, -0.25) is 14.5 Å². The van der Waals surface area contributed by atoms with Gasteiger partial charge in [-0.25, -0.2) is 0 Å². The Balaban J connectivity index is 1.32. The lowest BCUT2D eigenvalue weighted by atomic mass is 9.87. The summed E-state index contributed by atoms with van der Waals surface area (Å²) in [6, 6.07) is 16.2. The molecule has 2 aromatic rings. The van der Waals surface area contributed by atoms with E-state index in [9.17, 15) is 9.59 Å². The monoisotopic (exact) mass is 492 g/mol. The zero-order chi connectivity index (χ0) is 24.6. The predicted octanol–water partition coefficient (Wildman–Crippen LogP) is 4.29. The number of para-hydroxylation sites is 2. The summed E-state index contributed by atoms with van der Waals surface area (Å²) in [4.78, 5) is 34.0. The first-order valence-electron chi connectivity index (χ1n) is 12.5. The van der Waals surface area contributed by atoms with Crippen molar-refractivity contribution in [2.75, 3.05) is 55.6 Å². The van der Waals surface area contributed by atoms with Crippen LogP contribution in [-0.2, 0) is 9.59 Å². The van der Waals surface area contributed by atoms with Crippen LogP contribution in [0.2, 0.25) is 5.02 Å². The highest BCUT2D eigenvalue weighted by molar-refractivity contribution is 6.33. The van der Waals surface area contributed by atoms with Gasteiger partial charge in [0.15, 0.2) is 0 Å². The molecule has 5 rings (SSSR count). The molecule has 0 bridgehead atoms. The number of fused-ring (bicyclic) bond motifs is 1. The van der Waals surface area contributed by atoms with Gasteiger partial charge < -0.3 is 14.7 Å². The Morgan fingerprint density at radius 2 is 1.63 bits per heavy atom. The number of carbonyl (C=O) groups excluding carboxylic acids is 2. The van der Waals surface area contributed by atoms with Gasteiger partial charge in [0.25, 0.3) is 0 Å². The summed E-state index contributed by atoms with van der Waals surface area (Å²) in [5.74, 6) is 0.0509. The summed E-state index contributed by atoms with van der Waals surface area (Å²) in [7, 11) is 0. The summed E-state index contributed by atoms with van der Waals surface area (Å²) in [6.45, 7) is 9.57. The Morgan fingerprint density at radius 3 is 2.31 bits per heavy atom. The maximum Gasteiger partial charge on any atom is 0.247 e. The van der Waals surface area contributed by atoms with Gasteiger partial charge in [-0.05, 0) is 44.0 Å². The van der Waals surface area contributed by atoms with Crippen molar-refractivity contribution in [1.82, 2.24) is 9.80 Å². The predicted molar refractivity (Wildman–Crippen MR) is 142 cm³/mol. The zero-order valence-electron chi connectivity index (χ0n) is 20.5. The summed E-state index contributed by atoms with van der Waals surface area (Å²) in [5.41, 5.74) is 3.90. The van der Waals surface area contributed by atoms with Crippen molar-refractivity contribution in [3.8, 4) is 0 Å². The van der Waals surface area contributed by atoms with Crippen LogP contribution in [0, 0.1) is 0 Å². The molecule has 184 valence electrons. The number of likely N-dealkylation sites (tertiary alicyclic amines) is 1. The molecule has 3 aliphatic heterocycles. The van der Waals surface area contributed by atoms with Crippen LogP contribution in [0.25, 0.3) is 5.57 Å². The molecule has 0 radical (unpaired) electrons. The number of anilines is 2. The number of hydrogen-bond acceptors (Lipinski definition) is 4. The van der Waals surface area contributed by atoms with Crippen LogP contribution < -0.4 is 9.80 Å². The Hall–Kier alpha value is -2.83. The molecule has 0 atom stereocenters. The maximum atomic E-state index is 13.4. The topological polar surface area (TPSA) is 47.1 Å². The number of halogens is 1. The van der Waals surface area contributed by atoms with E-state index in [1.165, 1.54) is 5.57 Å². The van der Waals surface area contributed by atoms with E-state index in [1.807, 2.05) is 41.3 Å². The lowest BCUT2D eigenvalue weighted by Crippen LogP contribution is -2.53. The molecule has 35 heavy (non-hydrogen) atoms. The van der Waals surface area contributed by atoms with Gasteiger partial charge in [-0.15, -0.1) is 0 Å². The number of rotatable bonds is 5. The van der Waals surface area contributed by atoms with Crippen LogP contribution >= 0.6 is 11.6 Å². The van der Waals surface area contributed by atoms with E-state index >= 15 is 0 Å². The molecule has 0 unspecified atom stereocenters. The smallest absolute Gasteiger partial charge is 0.247 e. The molecular formula is C28H33ClN4O2. The van der Waals surface area contributed by atoms with Gasteiger partial charge in [0.1, 0.15) is 6.54 Å². The molecule has 0 N–H and O–H groups in total. The quantitative estimate of drug-likeness (QED) is 0.624. The van der Waals surface area contributed by atoms with Gasteiger partial charge in [-0.2, -0.15) is 0 Å². The molecule has 0 saturated carbocycles. The minimum absolute atomic E-state index is 0.0265. The number of nitrogens with zero attached hydrogens (tertiary/aromatic N) is 4. The molecule has 3 aliphatic rings. The molecule has 0 aromatic heterocycles. The van der Waals surface area contributed by atoms with Crippen molar-refractivity contribution in [2.45, 2.75) is 32.2 Å². The second kappa shape index (κ2) is 9.67. The van der Waals surface area contributed by atoms with Gasteiger partial charge >= 0.3 is 0 Å². The van der Waals surface area contributed by atoms with Gasteiger partial charge in [0.05, 0.1) is 21.9 Å². The highest BCUT2D eigenvalue weighted by Gasteiger charge is 2.38. The Kier molecular flexibility index (Phi) is 6.60. The van der Waals surface area contributed by atoms with Gasteiger partial charge in [-0.1, -0.05) is 48.0 Å². The first-order valence-corrected chi connectivity index (χ1v) is 12.8. The number of hydrogen-bond donors (Lipinski definition) is 0. The summed E-state index contributed by atoms with van der Waals surface area (Å²) < 4.78 is 0. The van der Waals surface area contributed by atoms with Crippen LogP contribution in [0.3, 0.4) is 0 Å². The van der Waals surface area contributed by atoms with E-state index in [0.29, 0.717) is 13.0 Å². The highest BCUT2D eigenvalue weighted by Crippen LogP contribution is 2.39. The fraction of sp³-hybridized carbons (Fsp3) is 0.429. The highest BCUT2D eigenvalue weighted by atomic mass is 35.5. The SMILES string of the molecule is CC1(C)C=C(CN2CCN(c3ccccc3Cl)CC2)c2ccccc2N1C(=O)CN1CCCC1=O. The van der Waals surface area contributed by atoms with Crippen molar-refractivity contribution in [1.29, 1.82) is 0 Å². The van der Waals surface area contributed by atoms with Crippen molar-refractivity contribution in [3.05, 3.63) is 65.2 Å². The zero-order valence-corrected chi connectivity index (χ0v) is 21.3. The van der Waals surface area contributed by atoms with Crippen LogP contribution in [0.4, 0.5) is 11.4 Å². The Bertz CT molecular complexity index is 1150. The standard InChI is InChI=1S/C28H33ClN4O2/c1-28(2)18-21(19-30-14-16-31(17-15-30)25-11-6-4-9-23(25)29)22-8-3-5-10-24(22)33(28)27(35)20-32-13-7-12-26(32)34/h3-6,8-11,18H,7,12-17,19-20H2,1-2H3. The van der Waals surface area contributed by atoms with Crippen molar-refractivity contribution >= 4 is 40.4 Å². The average molecular weight is 493 g/mol. The van der Waals surface area contributed by atoms with Crippen molar-refractivity contribution in [2.24, 2.45) is 0 Å². The molecule has 0 aliphatic carbocycles. The van der Waals surface area contributed by atoms with Crippen LogP contribution in [0.1, 0.15) is 32.3 Å². The number of piperazine rings is 1. The fourth-order valence-electron chi connectivity index (χ4n) is 5.61. The van der Waals surface area contributed by atoms with Crippen molar-refractivity contribution < 1.29 is 9.59 Å². The van der Waals surface area contributed by atoms with E-state index in [-0.39, 0.29) is 18.4 Å². The van der Waals surface area contributed by atoms with Crippen molar-refractivity contribution in [3.63, 3.8) is 0 Å². The summed E-state index contributed by atoms with van der Waals surface area (Å²) in [5, 5.41) is 0.798. The van der Waals surface area contributed by atoms with E-state index in [2.05, 4.69) is 41.9 Å². The Morgan fingerprint density at radius 1 is 0.943 bits per heavy atom. The fourth-order valence-corrected chi connectivity index (χ4v) is 5.86. The van der Waals surface area contributed by atoms with E-state index in [0.717, 1.165) is 61.1 Å². The second-order valence-electron chi connectivity index (χ2n) is 10.2. The van der Waals surface area contributed by atoms with Crippen LogP contribution in [0.5, 0.6) is 0 Å². The molecular weight excluding hydrogens is 460 g/mol. The third kappa shape index (κ3) is 4.82. The lowest BCUT2D eigenvalue weighted by molar-refractivity contribution is -0.132. The number of carbonyl (C=O) groups is 2. The van der Waals surface area contributed by atoms with E-state index in [4.69, 9.17) is 11.6 Å². The average Bonchev–Trinajstić information content (AvgIpc) is 3.23. The first kappa shape index (κ1) is 23.9. The lowest BCUT2D eigenvalue weighted by Gasteiger charge is -2.44. The molecule has 2 amide bonds. The number of benzene rings is 2. The van der Waals surface area contributed by atoms with Crippen LogP contribution in [-0.4, -0.2) is 73.0 Å². The molecule has 2 fully saturated rings.